The van der Waals surface area contributed by atoms with Crippen LogP contribution in [-0.4, -0.2) is 24.4 Å². The second-order valence-electron chi connectivity index (χ2n) is 3.26. The summed E-state index contributed by atoms with van der Waals surface area (Å²) in [4.78, 5) is 0. The molecule has 0 aliphatic heterocycles. The summed E-state index contributed by atoms with van der Waals surface area (Å²) in [7, 11) is 1.63. The molecule has 0 radical (unpaired) electrons. The van der Waals surface area contributed by atoms with Gasteiger partial charge in [0.15, 0.2) is 0 Å². The molecule has 2 heteroatoms. The van der Waals surface area contributed by atoms with Gasteiger partial charge in [-0.25, -0.2) is 0 Å². The van der Waals surface area contributed by atoms with Gasteiger partial charge in [-0.2, -0.15) is 0 Å². The van der Waals surface area contributed by atoms with E-state index >= 15 is 0 Å². The van der Waals surface area contributed by atoms with E-state index in [2.05, 4.69) is 13.8 Å². The number of aliphatic hydroxyl groups is 1. The standard InChI is InChI=1S/C9H20O2/c1-5-7(2)6-9(10)8(3)11-4/h7-10H,5-6H2,1-4H3. The van der Waals surface area contributed by atoms with Gasteiger partial charge in [0, 0.05) is 7.11 Å². The Kier molecular flexibility index (Phi) is 5.51. The molecule has 2 nitrogen and oxygen atoms in total. The Bertz CT molecular complexity index is 93.6. The quantitative estimate of drug-likeness (QED) is 0.664. The molecule has 0 aliphatic carbocycles. The number of rotatable bonds is 5. The Morgan fingerprint density at radius 1 is 1.36 bits per heavy atom. The fraction of sp³-hybridized carbons (Fsp3) is 1.00. The van der Waals surface area contributed by atoms with E-state index in [1.54, 1.807) is 7.11 Å². The van der Waals surface area contributed by atoms with E-state index in [1.165, 1.54) is 0 Å². The molecule has 0 aromatic heterocycles. The summed E-state index contributed by atoms with van der Waals surface area (Å²) >= 11 is 0. The monoisotopic (exact) mass is 160 g/mol. The number of aliphatic hydroxyl groups excluding tert-OH is 1. The third kappa shape index (κ3) is 4.38. The van der Waals surface area contributed by atoms with E-state index in [-0.39, 0.29) is 12.2 Å². The molecule has 3 unspecified atom stereocenters. The van der Waals surface area contributed by atoms with Gasteiger partial charge >= 0.3 is 0 Å². The largest absolute Gasteiger partial charge is 0.390 e. The van der Waals surface area contributed by atoms with Crippen molar-refractivity contribution in [1.29, 1.82) is 0 Å². The number of hydrogen-bond donors (Lipinski definition) is 1. The van der Waals surface area contributed by atoms with Crippen LogP contribution in [0.15, 0.2) is 0 Å². The normalized spacial score (nSPS) is 19.4. The molecule has 1 N–H and O–H groups in total. The summed E-state index contributed by atoms with van der Waals surface area (Å²) in [5, 5.41) is 9.49. The average molecular weight is 160 g/mol. The first-order chi connectivity index (χ1) is 5.11. The third-order valence-electron chi connectivity index (χ3n) is 2.25. The Morgan fingerprint density at radius 3 is 2.27 bits per heavy atom. The van der Waals surface area contributed by atoms with Gasteiger partial charge < -0.3 is 9.84 Å². The average Bonchev–Trinajstić information content (AvgIpc) is 2.02. The molecule has 0 amide bonds. The van der Waals surface area contributed by atoms with Crippen molar-refractivity contribution in [3.05, 3.63) is 0 Å². The minimum Gasteiger partial charge on any atom is -0.390 e. The zero-order chi connectivity index (χ0) is 8.85. The van der Waals surface area contributed by atoms with Gasteiger partial charge in [-0.3, -0.25) is 0 Å². The molecule has 3 atom stereocenters. The second-order valence-corrected chi connectivity index (χ2v) is 3.26. The van der Waals surface area contributed by atoms with Crippen LogP contribution >= 0.6 is 0 Å². The van der Waals surface area contributed by atoms with Gasteiger partial charge in [0.25, 0.3) is 0 Å². The van der Waals surface area contributed by atoms with E-state index < -0.39 is 0 Å². The van der Waals surface area contributed by atoms with Crippen molar-refractivity contribution in [2.24, 2.45) is 5.92 Å². The van der Waals surface area contributed by atoms with E-state index in [4.69, 9.17) is 4.74 Å². The minimum absolute atomic E-state index is 0.0380. The van der Waals surface area contributed by atoms with Crippen LogP contribution in [0, 0.1) is 5.92 Å². The lowest BCUT2D eigenvalue weighted by Crippen LogP contribution is -2.26. The molecule has 0 saturated carbocycles. The molecule has 0 aromatic carbocycles. The highest BCUT2D eigenvalue weighted by molar-refractivity contribution is 4.66. The zero-order valence-electron chi connectivity index (χ0n) is 8.00. The maximum atomic E-state index is 9.49. The van der Waals surface area contributed by atoms with Gasteiger partial charge in [0.05, 0.1) is 12.2 Å². The molecule has 0 heterocycles. The van der Waals surface area contributed by atoms with Crippen LogP contribution in [0.1, 0.15) is 33.6 Å². The summed E-state index contributed by atoms with van der Waals surface area (Å²) in [6, 6.07) is 0. The first kappa shape index (κ1) is 10.9. The van der Waals surface area contributed by atoms with Crippen molar-refractivity contribution >= 4 is 0 Å². The summed E-state index contributed by atoms with van der Waals surface area (Å²) in [5.41, 5.74) is 0. The Hall–Kier alpha value is -0.0800. The molecule has 0 spiro atoms. The van der Waals surface area contributed by atoms with E-state index in [1.807, 2.05) is 6.92 Å². The highest BCUT2D eigenvalue weighted by atomic mass is 16.5. The molecule has 68 valence electrons. The smallest absolute Gasteiger partial charge is 0.0802 e. The van der Waals surface area contributed by atoms with Crippen LogP contribution in [0.2, 0.25) is 0 Å². The van der Waals surface area contributed by atoms with Gasteiger partial charge in [-0.1, -0.05) is 20.3 Å². The Labute approximate surface area is 69.6 Å². The lowest BCUT2D eigenvalue weighted by molar-refractivity contribution is -0.0112. The number of methoxy groups -OCH3 is 1. The summed E-state index contributed by atoms with van der Waals surface area (Å²) in [5.74, 6) is 0.586. The van der Waals surface area contributed by atoms with Crippen LogP contribution in [0.5, 0.6) is 0 Å². The minimum atomic E-state index is -0.310. The van der Waals surface area contributed by atoms with Gasteiger partial charge in [0.2, 0.25) is 0 Å². The predicted octanol–water partition coefficient (Wildman–Crippen LogP) is 1.82. The zero-order valence-corrected chi connectivity index (χ0v) is 8.00. The van der Waals surface area contributed by atoms with Gasteiger partial charge in [0.1, 0.15) is 0 Å². The van der Waals surface area contributed by atoms with Crippen molar-refractivity contribution in [2.75, 3.05) is 7.11 Å². The van der Waals surface area contributed by atoms with E-state index in [0.29, 0.717) is 5.92 Å². The molecule has 0 rings (SSSR count). The topological polar surface area (TPSA) is 29.5 Å². The van der Waals surface area contributed by atoms with Crippen LogP contribution < -0.4 is 0 Å². The molecule has 0 aliphatic rings. The van der Waals surface area contributed by atoms with E-state index in [9.17, 15) is 5.11 Å². The lowest BCUT2D eigenvalue weighted by atomic mass is 9.99. The molecule has 0 saturated heterocycles. The second kappa shape index (κ2) is 5.56. The molecule has 0 bridgehead atoms. The Balaban J connectivity index is 3.58. The number of ether oxygens (including phenoxy) is 1. The van der Waals surface area contributed by atoms with E-state index in [0.717, 1.165) is 12.8 Å². The van der Waals surface area contributed by atoms with Crippen LogP contribution in [0.25, 0.3) is 0 Å². The van der Waals surface area contributed by atoms with Crippen LogP contribution in [0.3, 0.4) is 0 Å². The molecule has 11 heavy (non-hydrogen) atoms. The summed E-state index contributed by atoms with van der Waals surface area (Å²) in [6.45, 7) is 6.17. The van der Waals surface area contributed by atoms with Crippen molar-refractivity contribution in [3.63, 3.8) is 0 Å². The first-order valence-corrected chi connectivity index (χ1v) is 4.32. The fourth-order valence-corrected chi connectivity index (χ4v) is 0.928. The Morgan fingerprint density at radius 2 is 1.91 bits per heavy atom. The van der Waals surface area contributed by atoms with Crippen LogP contribution in [-0.2, 0) is 4.74 Å². The highest BCUT2D eigenvalue weighted by Crippen LogP contribution is 2.13. The SMILES string of the molecule is CCC(C)CC(O)C(C)OC. The number of hydrogen-bond acceptors (Lipinski definition) is 2. The maximum Gasteiger partial charge on any atom is 0.0802 e. The van der Waals surface area contributed by atoms with Gasteiger partial charge in [-0.05, 0) is 19.3 Å². The van der Waals surface area contributed by atoms with Crippen molar-refractivity contribution < 1.29 is 9.84 Å². The fourth-order valence-electron chi connectivity index (χ4n) is 0.928. The van der Waals surface area contributed by atoms with Gasteiger partial charge in [-0.15, -0.1) is 0 Å². The molecule has 0 aromatic rings. The summed E-state index contributed by atoms with van der Waals surface area (Å²) < 4.78 is 5.01. The van der Waals surface area contributed by atoms with Crippen molar-refractivity contribution in [3.8, 4) is 0 Å². The summed E-state index contributed by atoms with van der Waals surface area (Å²) in [6.07, 6.45) is 1.61. The molecular weight excluding hydrogens is 140 g/mol. The lowest BCUT2D eigenvalue weighted by Gasteiger charge is -2.19. The first-order valence-electron chi connectivity index (χ1n) is 4.32. The molecular formula is C9H20O2. The van der Waals surface area contributed by atoms with Crippen molar-refractivity contribution in [2.45, 2.75) is 45.8 Å². The van der Waals surface area contributed by atoms with Crippen LogP contribution in [0.4, 0.5) is 0 Å². The maximum absolute atomic E-state index is 9.49. The molecule has 0 fully saturated rings. The van der Waals surface area contributed by atoms with Crippen molar-refractivity contribution in [1.82, 2.24) is 0 Å². The predicted molar refractivity (Wildman–Crippen MR) is 46.5 cm³/mol. The highest BCUT2D eigenvalue weighted by Gasteiger charge is 2.15. The third-order valence-corrected chi connectivity index (χ3v) is 2.25.